The predicted molar refractivity (Wildman–Crippen MR) is 217 cm³/mol. The van der Waals surface area contributed by atoms with E-state index in [0.29, 0.717) is 54.6 Å². The molecule has 12 nitrogen and oxygen atoms in total. The van der Waals surface area contributed by atoms with Crippen LogP contribution in [-0.4, -0.2) is 75.7 Å². The molecule has 16 heteroatoms. The van der Waals surface area contributed by atoms with Gasteiger partial charge in [0.25, 0.3) is 5.91 Å². The average molecular weight is 818 g/mol. The van der Waals surface area contributed by atoms with E-state index >= 15 is 0 Å². The molecule has 1 aromatic heterocycles. The number of ketones is 2. The van der Waals surface area contributed by atoms with Gasteiger partial charge in [-0.25, -0.2) is 4.98 Å². The van der Waals surface area contributed by atoms with E-state index in [1.54, 1.807) is 36.9 Å². The molecular weight excluding hydrogens is 772 g/mol. The zero-order chi connectivity index (χ0) is 41.9. The number of amides is 2. The summed E-state index contributed by atoms with van der Waals surface area (Å²) >= 11 is 5.69. The van der Waals surface area contributed by atoms with Crippen LogP contribution in [0.4, 0.5) is 35.9 Å². The number of piperidine rings is 1. The van der Waals surface area contributed by atoms with E-state index in [4.69, 9.17) is 17.0 Å². The number of carbonyl (C=O) groups excluding carboxylic acids is 4. The van der Waals surface area contributed by atoms with E-state index in [0.717, 1.165) is 55.1 Å². The summed E-state index contributed by atoms with van der Waals surface area (Å²) in [6.45, 7) is 9.15. The first-order chi connectivity index (χ1) is 27.5. The highest BCUT2D eigenvalue weighted by atomic mass is 32.1. The smallest absolute Gasteiger partial charge is 0.419 e. The highest BCUT2D eigenvalue weighted by molar-refractivity contribution is 7.81. The second-order valence-corrected chi connectivity index (χ2v) is 15.8. The summed E-state index contributed by atoms with van der Waals surface area (Å²) in [5, 5.41) is 15.4. The number of hydrogen-bond donors (Lipinski definition) is 2. The molecule has 3 heterocycles. The molecule has 2 N–H and O–H groups in total. The molecule has 1 aliphatic carbocycles. The molecule has 0 spiro atoms. The van der Waals surface area contributed by atoms with Crippen LogP contribution in [0.5, 0.6) is 5.75 Å². The minimum absolute atomic E-state index is 0.0147. The van der Waals surface area contributed by atoms with Gasteiger partial charge in [0.15, 0.2) is 16.6 Å². The van der Waals surface area contributed by atoms with E-state index < -0.39 is 34.9 Å². The summed E-state index contributed by atoms with van der Waals surface area (Å²) in [5.74, 6) is 0.288. The Labute approximate surface area is 340 Å². The summed E-state index contributed by atoms with van der Waals surface area (Å²) in [6, 6.07) is 14.1. The lowest BCUT2D eigenvalue weighted by Gasteiger charge is -2.35. The van der Waals surface area contributed by atoms with Crippen LogP contribution in [0.15, 0.2) is 54.7 Å². The third kappa shape index (κ3) is 9.00. The second-order valence-electron chi connectivity index (χ2n) is 15.4. The van der Waals surface area contributed by atoms with E-state index in [2.05, 4.69) is 20.5 Å². The normalized spacial score (nSPS) is 19.6. The number of aryl methyl sites for hydroxylation is 1. The molecule has 0 bridgehead atoms. The predicted octanol–water partition coefficient (Wildman–Crippen LogP) is 7.06. The lowest BCUT2D eigenvalue weighted by atomic mass is 9.93. The number of anilines is 4. The van der Waals surface area contributed by atoms with Gasteiger partial charge < -0.3 is 20.3 Å². The second kappa shape index (κ2) is 17.2. The van der Waals surface area contributed by atoms with Crippen LogP contribution in [0.3, 0.4) is 0 Å². The highest BCUT2D eigenvalue weighted by Crippen LogP contribution is 2.40. The van der Waals surface area contributed by atoms with Crippen molar-refractivity contribution in [2.75, 3.05) is 40.1 Å². The Morgan fingerprint density at radius 2 is 1.79 bits per heavy atom. The number of pyridine rings is 1. The van der Waals surface area contributed by atoms with Crippen molar-refractivity contribution in [3.05, 3.63) is 71.5 Å². The van der Waals surface area contributed by atoms with E-state index in [9.17, 15) is 37.6 Å². The molecule has 2 aromatic carbocycles. The monoisotopic (exact) mass is 817 g/mol. The summed E-state index contributed by atoms with van der Waals surface area (Å²) in [6.07, 6.45) is 0.222. The first-order valence-corrected chi connectivity index (χ1v) is 19.8. The molecule has 58 heavy (non-hydrogen) atoms. The number of likely N-dealkylation sites (tertiary alicyclic amines) is 1. The number of aromatic nitrogens is 1. The van der Waals surface area contributed by atoms with Gasteiger partial charge in [-0.15, -0.1) is 0 Å². The maximum Gasteiger partial charge on any atom is 0.419 e. The minimum atomic E-state index is -4.85. The fourth-order valence-corrected chi connectivity index (χ4v) is 8.27. The number of hydrogen-bond acceptors (Lipinski definition) is 10. The standard InChI is InChI=1S/C42H46F3N7O5S/c1-5-27-19-30(52-40(58)51(39(56)41(52,3)4)31-21-33(42(43,44)45)35(23-46)47-24-31)9-12-37(27)57-18-15-26-13-16-50(17-14-26)25(2)38(55)49-29-8-6-7-28(20-29)48-34-11-10-32(53)22-36(34)54/h6-9,12,19-21,24-26,34,48H,5,10-11,13-18,22H2,1-4H3,(H,49,55)/t25-,34-/m0/s1. The molecule has 6 rings (SSSR count). The lowest BCUT2D eigenvalue weighted by Crippen LogP contribution is -2.46. The number of benzene rings is 2. The molecule has 306 valence electrons. The van der Waals surface area contributed by atoms with Gasteiger partial charge in [0.1, 0.15) is 23.1 Å². The van der Waals surface area contributed by atoms with Crippen LogP contribution in [-0.2, 0) is 31.8 Å². The Morgan fingerprint density at radius 3 is 2.47 bits per heavy atom. The Bertz CT molecular complexity index is 2150. The molecule has 0 radical (unpaired) electrons. The third-order valence-corrected chi connectivity index (χ3v) is 11.6. The fourth-order valence-electron chi connectivity index (χ4n) is 7.75. The number of nitrogens with one attached hydrogen (secondary N) is 2. The van der Waals surface area contributed by atoms with Crippen LogP contribution in [0, 0.1) is 17.2 Å². The summed E-state index contributed by atoms with van der Waals surface area (Å²) < 4.78 is 47.5. The topological polar surface area (TPSA) is 148 Å². The van der Waals surface area contributed by atoms with Crippen molar-refractivity contribution in [1.82, 2.24) is 9.88 Å². The summed E-state index contributed by atoms with van der Waals surface area (Å²) in [5.41, 5.74) is -0.680. The zero-order valence-electron chi connectivity index (χ0n) is 32.8. The Morgan fingerprint density at radius 1 is 1.07 bits per heavy atom. The van der Waals surface area contributed by atoms with Gasteiger partial charge in [0.05, 0.1) is 42.6 Å². The van der Waals surface area contributed by atoms with Crippen molar-refractivity contribution in [3.63, 3.8) is 0 Å². The largest absolute Gasteiger partial charge is 0.493 e. The SMILES string of the molecule is CCc1cc(N2C(=S)N(c3cnc(C#N)c(C(F)(F)F)c3)C(=O)C2(C)C)ccc1OCCC1CCN([C@@H](C)C(=O)Nc2cccc(N[C@H]3CCC(=O)CC3=O)c2)CC1. The van der Waals surface area contributed by atoms with Crippen molar-refractivity contribution in [2.24, 2.45) is 5.92 Å². The molecule has 2 aliphatic heterocycles. The third-order valence-electron chi connectivity index (χ3n) is 11.2. The van der Waals surface area contributed by atoms with Crippen LogP contribution in [0.2, 0.25) is 0 Å². The number of carbonyl (C=O) groups is 4. The maximum absolute atomic E-state index is 13.7. The number of alkyl halides is 3. The number of halogens is 3. The quantitative estimate of drug-likeness (QED) is 0.143. The molecular formula is C42H46F3N7O5S. The number of thiocarbonyl (C=S) groups is 1. The highest BCUT2D eigenvalue weighted by Gasteiger charge is 2.51. The molecule has 2 atom stereocenters. The molecule has 3 aromatic rings. The van der Waals surface area contributed by atoms with Crippen LogP contribution >= 0.6 is 12.2 Å². The van der Waals surface area contributed by atoms with Crippen molar-refractivity contribution in [3.8, 4) is 11.8 Å². The van der Waals surface area contributed by atoms with Gasteiger partial charge in [0, 0.05) is 23.5 Å². The van der Waals surface area contributed by atoms with E-state index in [1.807, 2.05) is 38.1 Å². The average Bonchev–Trinajstić information content (AvgIpc) is 3.37. The number of ether oxygens (including phenoxy) is 1. The number of nitriles is 1. The Balaban J connectivity index is 1.01. The Hall–Kier alpha value is -5.40. The van der Waals surface area contributed by atoms with Gasteiger partial charge in [-0.1, -0.05) is 13.0 Å². The van der Waals surface area contributed by atoms with Crippen molar-refractivity contribution in [1.29, 1.82) is 5.26 Å². The molecule has 1 saturated carbocycles. The van der Waals surface area contributed by atoms with Crippen LogP contribution < -0.4 is 25.2 Å². The number of nitrogens with zero attached hydrogens (tertiary/aromatic N) is 5. The maximum atomic E-state index is 13.7. The Kier molecular flexibility index (Phi) is 12.5. The van der Waals surface area contributed by atoms with Gasteiger partial charge >= 0.3 is 6.18 Å². The molecule has 0 unspecified atom stereocenters. The van der Waals surface area contributed by atoms with Crippen LogP contribution in [0.25, 0.3) is 0 Å². The molecule has 3 fully saturated rings. The first-order valence-electron chi connectivity index (χ1n) is 19.4. The van der Waals surface area contributed by atoms with Gasteiger partial charge in [0.2, 0.25) is 5.91 Å². The van der Waals surface area contributed by atoms with Crippen molar-refractivity contribution >= 4 is 63.5 Å². The van der Waals surface area contributed by atoms with Gasteiger partial charge in [-0.2, -0.15) is 18.4 Å². The summed E-state index contributed by atoms with van der Waals surface area (Å²) in [4.78, 5) is 59.2. The van der Waals surface area contributed by atoms with Crippen molar-refractivity contribution < 1.29 is 37.1 Å². The van der Waals surface area contributed by atoms with E-state index in [-0.39, 0.29) is 40.7 Å². The first kappa shape index (κ1) is 42.2. The molecule has 3 aliphatic rings. The van der Waals surface area contributed by atoms with Gasteiger partial charge in [-0.3, -0.25) is 29.0 Å². The van der Waals surface area contributed by atoms with E-state index in [1.165, 1.54) is 6.07 Å². The zero-order valence-corrected chi connectivity index (χ0v) is 33.6. The number of rotatable bonds is 12. The molecule has 2 amide bonds. The number of Topliss-reactive ketones (excluding diaryl/α,β-unsaturated/α-hetero) is 2. The van der Waals surface area contributed by atoms with Crippen LogP contribution in [0.1, 0.15) is 83.0 Å². The van der Waals surface area contributed by atoms with Gasteiger partial charge in [-0.05, 0) is 132 Å². The van der Waals surface area contributed by atoms with Crippen molar-refractivity contribution in [2.45, 2.75) is 96.4 Å². The molecule has 2 saturated heterocycles. The lowest BCUT2D eigenvalue weighted by molar-refractivity contribution is -0.138. The minimum Gasteiger partial charge on any atom is -0.493 e. The fraction of sp³-hybridized carbons (Fsp3) is 0.452. The summed E-state index contributed by atoms with van der Waals surface area (Å²) in [7, 11) is 0.